The lowest BCUT2D eigenvalue weighted by molar-refractivity contribution is 0.190. The second-order valence-corrected chi connectivity index (χ2v) is 6.64. The molecule has 21 heavy (non-hydrogen) atoms. The number of fused-ring (bicyclic) bond motifs is 1. The largest absolute Gasteiger partial charge is 0.493 e. The van der Waals surface area contributed by atoms with Crippen LogP contribution in [0.2, 0.25) is 0 Å². The lowest BCUT2D eigenvalue weighted by Crippen LogP contribution is -2.11. The fourth-order valence-corrected chi connectivity index (χ4v) is 3.92. The van der Waals surface area contributed by atoms with Gasteiger partial charge < -0.3 is 9.84 Å². The summed E-state index contributed by atoms with van der Waals surface area (Å²) in [4.78, 5) is 1.37. The van der Waals surface area contributed by atoms with Crippen molar-refractivity contribution in [3.05, 3.63) is 59.2 Å². The highest BCUT2D eigenvalue weighted by Crippen LogP contribution is 2.39. The van der Waals surface area contributed by atoms with E-state index in [2.05, 4.69) is 24.3 Å². The molecule has 0 aromatic heterocycles. The van der Waals surface area contributed by atoms with Crippen LogP contribution in [0.4, 0.5) is 0 Å². The van der Waals surface area contributed by atoms with Crippen molar-refractivity contribution >= 4 is 11.8 Å². The molecule has 0 radical (unpaired) electrons. The van der Waals surface area contributed by atoms with E-state index in [0.29, 0.717) is 12.5 Å². The van der Waals surface area contributed by atoms with Crippen LogP contribution in [0.15, 0.2) is 47.4 Å². The molecular formula is C18H20O2S. The van der Waals surface area contributed by atoms with Crippen molar-refractivity contribution < 1.29 is 9.84 Å². The molecule has 0 saturated carbocycles. The van der Waals surface area contributed by atoms with Gasteiger partial charge in [-0.2, -0.15) is 0 Å². The zero-order chi connectivity index (χ0) is 14.8. The van der Waals surface area contributed by atoms with E-state index in [-0.39, 0.29) is 0 Å². The second-order valence-electron chi connectivity index (χ2n) is 5.57. The van der Waals surface area contributed by atoms with Gasteiger partial charge in [-0.05, 0) is 37.6 Å². The van der Waals surface area contributed by atoms with Crippen LogP contribution in [0, 0.1) is 6.92 Å². The first kappa shape index (κ1) is 14.5. The molecule has 3 rings (SSSR count). The fraction of sp³-hybridized carbons (Fsp3) is 0.333. The number of hydrogen-bond donors (Lipinski definition) is 1. The number of thioether (sulfide) groups is 1. The van der Waals surface area contributed by atoms with Gasteiger partial charge in [0.25, 0.3) is 0 Å². The molecule has 0 amide bonds. The maximum atomic E-state index is 9.89. The standard InChI is InChI=1S/C18H20O2S/c1-12-7-8-17(16(9-12)13(2)19)20-10-14-11-21-18-6-4-3-5-15(14)18/h3-9,13-14,19H,10-11H2,1-2H3. The fourth-order valence-electron chi connectivity index (χ4n) is 2.68. The zero-order valence-corrected chi connectivity index (χ0v) is 13.2. The predicted octanol–water partition coefficient (Wildman–Crippen LogP) is 4.32. The summed E-state index contributed by atoms with van der Waals surface area (Å²) in [5, 5.41) is 9.89. The Labute approximate surface area is 130 Å². The zero-order valence-electron chi connectivity index (χ0n) is 12.4. The molecule has 1 N–H and O–H groups in total. The predicted molar refractivity (Wildman–Crippen MR) is 87.2 cm³/mol. The minimum absolute atomic E-state index is 0.425. The van der Waals surface area contributed by atoms with E-state index in [4.69, 9.17) is 4.74 Å². The molecule has 2 unspecified atom stereocenters. The van der Waals surface area contributed by atoms with Crippen molar-refractivity contribution in [3.8, 4) is 5.75 Å². The quantitative estimate of drug-likeness (QED) is 0.912. The summed E-state index contributed by atoms with van der Waals surface area (Å²) in [7, 11) is 0. The molecule has 0 spiro atoms. The average Bonchev–Trinajstić information content (AvgIpc) is 2.89. The molecule has 0 aliphatic carbocycles. The minimum Gasteiger partial charge on any atom is -0.493 e. The maximum Gasteiger partial charge on any atom is 0.125 e. The molecular weight excluding hydrogens is 280 g/mol. The smallest absolute Gasteiger partial charge is 0.125 e. The molecule has 1 heterocycles. The normalized spacial score (nSPS) is 18.3. The van der Waals surface area contributed by atoms with E-state index in [1.165, 1.54) is 10.5 Å². The number of ether oxygens (including phenoxy) is 1. The van der Waals surface area contributed by atoms with Crippen LogP contribution in [0.25, 0.3) is 0 Å². The highest BCUT2D eigenvalue weighted by Gasteiger charge is 2.23. The number of benzene rings is 2. The van der Waals surface area contributed by atoms with Gasteiger partial charge in [-0.25, -0.2) is 0 Å². The molecule has 2 aromatic carbocycles. The summed E-state index contributed by atoms with van der Waals surface area (Å²) in [5.41, 5.74) is 3.39. The van der Waals surface area contributed by atoms with Gasteiger partial charge in [0.05, 0.1) is 12.7 Å². The number of aryl methyl sites for hydroxylation is 1. The van der Waals surface area contributed by atoms with Gasteiger partial charge >= 0.3 is 0 Å². The molecule has 0 fully saturated rings. The van der Waals surface area contributed by atoms with Crippen LogP contribution in [0.1, 0.15) is 35.6 Å². The summed E-state index contributed by atoms with van der Waals surface area (Å²) in [6.45, 7) is 4.47. The first-order chi connectivity index (χ1) is 10.1. The van der Waals surface area contributed by atoms with Crippen LogP contribution >= 0.6 is 11.8 Å². The SMILES string of the molecule is Cc1ccc(OCC2CSc3ccccc32)c(C(C)O)c1. The molecule has 3 heteroatoms. The lowest BCUT2D eigenvalue weighted by atomic mass is 10.0. The van der Waals surface area contributed by atoms with E-state index in [1.54, 1.807) is 6.92 Å². The summed E-state index contributed by atoms with van der Waals surface area (Å²) in [5.74, 6) is 2.29. The highest BCUT2D eigenvalue weighted by atomic mass is 32.2. The monoisotopic (exact) mass is 300 g/mol. The first-order valence-electron chi connectivity index (χ1n) is 7.28. The highest BCUT2D eigenvalue weighted by molar-refractivity contribution is 7.99. The third-order valence-electron chi connectivity index (χ3n) is 3.85. The first-order valence-corrected chi connectivity index (χ1v) is 8.27. The van der Waals surface area contributed by atoms with Crippen LogP contribution in [0.5, 0.6) is 5.75 Å². The molecule has 2 nitrogen and oxygen atoms in total. The van der Waals surface area contributed by atoms with Crippen LogP contribution in [-0.4, -0.2) is 17.5 Å². The molecule has 2 aromatic rings. The molecule has 110 valence electrons. The lowest BCUT2D eigenvalue weighted by Gasteiger charge is -2.17. The Morgan fingerprint density at radius 2 is 2.10 bits per heavy atom. The van der Waals surface area contributed by atoms with Crippen molar-refractivity contribution in [2.45, 2.75) is 30.8 Å². The van der Waals surface area contributed by atoms with E-state index in [1.807, 2.05) is 36.9 Å². The van der Waals surface area contributed by atoms with E-state index >= 15 is 0 Å². The molecule has 1 aliphatic heterocycles. The van der Waals surface area contributed by atoms with Crippen molar-refractivity contribution in [1.82, 2.24) is 0 Å². The Kier molecular flexibility index (Phi) is 4.22. The third-order valence-corrected chi connectivity index (χ3v) is 5.11. The number of rotatable bonds is 4. The maximum absolute atomic E-state index is 9.89. The summed E-state index contributed by atoms with van der Waals surface area (Å²) in [6, 6.07) is 14.5. The Bertz CT molecular complexity index is 637. The third kappa shape index (κ3) is 3.09. The number of aliphatic hydroxyl groups excluding tert-OH is 1. The molecule has 1 aliphatic rings. The second kappa shape index (κ2) is 6.12. The van der Waals surface area contributed by atoms with E-state index in [0.717, 1.165) is 22.6 Å². The van der Waals surface area contributed by atoms with Gasteiger partial charge in [0.2, 0.25) is 0 Å². The average molecular weight is 300 g/mol. The van der Waals surface area contributed by atoms with E-state index < -0.39 is 6.10 Å². The topological polar surface area (TPSA) is 29.5 Å². The Morgan fingerprint density at radius 1 is 1.29 bits per heavy atom. The Morgan fingerprint density at radius 3 is 2.90 bits per heavy atom. The molecule has 0 bridgehead atoms. The Hall–Kier alpha value is -1.45. The van der Waals surface area contributed by atoms with Gasteiger partial charge in [-0.1, -0.05) is 29.8 Å². The number of hydrogen-bond acceptors (Lipinski definition) is 3. The summed E-state index contributed by atoms with van der Waals surface area (Å²) in [6.07, 6.45) is -0.509. The summed E-state index contributed by atoms with van der Waals surface area (Å²) >= 11 is 1.89. The van der Waals surface area contributed by atoms with Crippen molar-refractivity contribution in [2.75, 3.05) is 12.4 Å². The van der Waals surface area contributed by atoms with Gasteiger partial charge in [0.1, 0.15) is 5.75 Å². The molecule has 2 atom stereocenters. The van der Waals surface area contributed by atoms with Crippen molar-refractivity contribution in [2.24, 2.45) is 0 Å². The van der Waals surface area contributed by atoms with Crippen LogP contribution in [-0.2, 0) is 0 Å². The van der Waals surface area contributed by atoms with Gasteiger partial charge in [-0.15, -0.1) is 11.8 Å². The summed E-state index contributed by atoms with van der Waals surface area (Å²) < 4.78 is 6.02. The van der Waals surface area contributed by atoms with Crippen LogP contribution in [0.3, 0.4) is 0 Å². The van der Waals surface area contributed by atoms with Crippen molar-refractivity contribution in [1.29, 1.82) is 0 Å². The van der Waals surface area contributed by atoms with Gasteiger partial charge in [0.15, 0.2) is 0 Å². The Balaban J connectivity index is 1.75. The number of aliphatic hydroxyl groups is 1. The molecule has 0 saturated heterocycles. The minimum atomic E-state index is -0.509. The van der Waals surface area contributed by atoms with Crippen LogP contribution < -0.4 is 4.74 Å². The van der Waals surface area contributed by atoms with Gasteiger partial charge in [0, 0.05) is 22.1 Å². The van der Waals surface area contributed by atoms with E-state index in [9.17, 15) is 5.11 Å². The van der Waals surface area contributed by atoms with Crippen molar-refractivity contribution in [3.63, 3.8) is 0 Å². The van der Waals surface area contributed by atoms with Gasteiger partial charge in [-0.3, -0.25) is 0 Å².